The van der Waals surface area contributed by atoms with Crippen LogP contribution in [-0.2, 0) is 6.54 Å². The predicted octanol–water partition coefficient (Wildman–Crippen LogP) is 3.28. The molecule has 108 valence electrons. The molecule has 2 aromatic heterocycles. The zero-order valence-corrected chi connectivity index (χ0v) is 12.2. The van der Waals surface area contributed by atoms with Gasteiger partial charge < -0.3 is 9.73 Å². The molecule has 3 rings (SSSR count). The maximum atomic E-state index is 12.5. The van der Waals surface area contributed by atoms with Gasteiger partial charge in [-0.15, -0.1) is 0 Å². The van der Waals surface area contributed by atoms with Gasteiger partial charge in [-0.25, -0.2) is 0 Å². The maximum absolute atomic E-state index is 12.5. The monoisotopic (exact) mass is 282 g/mol. The number of nitrogens with zero attached hydrogens (tertiary/aromatic N) is 1. The number of aromatic nitrogens is 1. The Morgan fingerprint density at radius 2 is 2.00 bits per heavy atom. The lowest BCUT2D eigenvalue weighted by atomic mass is 10.2. The standard InChI is InChI=1S/C17H18N2O2/c1-12-13(2)19(16-8-4-3-7-15(12)16)17(20)11-18-10-14-6-5-9-21-14/h3-9,18H,10-11H2,1-2H3. The van der Waals surface area contributed by atoms with E-state index in [1.165, 1.54) is 0 Å². The van der Waals surface area contributed by atoms with Crippen LogP contribution in [0.5, 0.6) is 0 Å². The van der Waals surface area contributed by atoms with Crippen LogP contribution in [0.3, 0.4) is 0 Å². The Morgan fingerprint density at radius 1 is 1.19 bits per heavy atom. The average molecular weight is 282 g/mol. The summed E-state index contributed by atoms with van der Waals surface area (Å²) in [5.74, 6) is 0.872. The van der Waals surface area contributed by atoms with E-state index in [4.69, 9.17) is 4.42 Å². The summed E-state index contributed by atoms with van der Waals surface area (Å²) in [6.07, 6.45) is 1.63. The Hall–Kier alpha value is -2.33. The summed E-state index contributed by atoms with van der Waals surface area (Å²) in [5.41, 5.74) is 3.13. The Labute approximate surface area is 123 Å². The van der Waals surface area contributed by atoms with Crippen LogP contribution < -0.4 is 5.32 Å². The highest BCUT2D eigenvalue weighted by Crippen LogP contribution is 2.24. The minimum absolute atomic E-state index is 0.0448. The van der Waals surface area contributed by atoms with Crippen LogP contribution in [0.25, 0.3) is 10.9 Å². The van der Waals surface area contributed by atoms with Crippen molar-refractivity contribution in [1.82, 2.24) is 9.88 Å². The molecule has 0 aliphatic carbocycles. The van der Waals surface area contributed by atoms with Crippen molar-refractivity contribution in [1.29, 1.82) is 0 Å². The first-order valence-electron chi connectivity index (χ1n) is 7.01. The lowest BCUT2D eigenvalue weighted by molar-refractivity contribution is 0.0914. The Morgan fingerprint density at radius 3 is 2.76 bits per heavy atom. The number of benzene rings is 1. The molecule has 0 spiro atoms. The molecule has 0 bridgehead atoms. The molecule has 21 heavy (non-hydrogen) atoms. The molecule has 0 fully saturated rings. The third-order valence-electron chi connectivity index (χ3n) is 3.83. The number of fused-ring (bicyclic) bond motifs is 1. The van der Waals surface area contributed by atoms with Crippen molar-refractivity contribution in [2.75, 3.05) is 6.54 Å². The number of carbonyl (C=O) groups is 1. The van der Waals surface area contributed by atoms with Crippen LogP contribution >= 0.6 is 0 Å². The van der Waals surface area contributed by atoms with Gasteiger partial charge in [-0.2, -0.15) is 0 Å². The van der Waals surface area contributed by atoms with E-state index in [0.717, 1.165) is 27.9 Å². The molecule has 1 N–H and O–H groups in total. The normalized spacial score (nSPS) is 11.1. The number of nitrogens with one attached hydrogen (secondary N) is 1. The molecule has 0 atom stereocenters. The Balaban J connectivity index is 1.80. The molecule has 0 amide bonds. The lowest BCUT2D eigenvalue weighted by Crippen LogP contribution is -2.27. The number of aryl methyl sites for hydroxylation is 1. The van der Waals surface area contributed by atoms with Crippen LogP contribution in [0.2, 0.25) is 0 Å². The second-order valence-corrected chi connectivity index (χ2v) is 5.14. The minimum Gasteiger partial charge on any atom is -0.468 e. The van der Waals surface area contributed by atoms with Gasteiger partial charge >= 0.3 is 0 Å². The molecule has 0 saturated heterocycles. The van der Waals surface area contributed by atoms with Gasteiger partial charge in [-0.3, -0.25) is 9.36 Å². The van der Waals surface area contributed by atoms with Crippen LogP contribution in [0.1, 0.15) is 21.8 Å². The van der Waals surface area contributed by atoms with E-state index < -0.39 is 0 Å². The van der Waals surface area contributed by atoms with E-state index in [0.29, 0.717) is 6.54 Å². The van der Waals surface area contributed by atoms with E-state index in [-0.39, 0.29) is 12.5 Å². The number of para-hydroxylation sites is 1. The fraction of sp³-hybridized carbons (Fsp3) is 0.235. The quantitative estimate of drug-likeness (QED) is 0.799. The summed E-state index contributed by atoms with van der Waals surface area (Å²) in [6.45, 7) is 4.87. The van der Waals surface area contributed by atoms with Crippen molar-refractivity contribution in [3.05, 3.63) is 59.7 Å². The van der Waals surface area contributed by atoms with E-state index in [2.05, 4.69) is 18.3 Å². The first-order chi connectivity index (χ1) is 10.2. The second kappa shape index (κ2) is 5.58. The average Bonchev–Trinajstić information content (AvgIpc) is 3.08. The van der Waals surface area contributed by atoms with Crippen LogP contribution in [-0.4, -0.2) is 17.0 Å². The molecule has 4 heteroatoms. The van der Waals surface area contributed by atoms with Crippen LogP contribution in [0.4, 0.5) is 0 Å². The third-order valence-corrected chi connectivity index (χ3v) is 3.83. The fourth-order valence-electron chi connectivity index (χ4n) is 2.64. The van der Waals surface area contributed by atoms with Gasteiger partial charge in [0, 0.05) is 11.1 Å². The van der Waals surface area contributed by atoms with Crippen molar-refractivity contribution in [2.24, 2.45) is 0 Å². The third kappa shape index (κ3) is 2.50. The minimum atomic E-state index is 0.0448. The summed E-state index contributed by atoms with van der Waals surface area (Å²) in [4.78, 5) is 12.5. The molecular weight excluding hydrogens is 264 g/mol. The fourth-order valence-corrected chi connectivity index (χ4v) is 2.64. The van der Waals surface area contributed by atoms with E-state index in [1.54, 1.807) is 10.8 Å². The van der Waals surface area contributed by atoms with E-state index in [1.807, 2.05) is 37.3 Å². The summed E-state index contributed by atoms with van der Waals surface area (Å²) in [7, 11) is 0. The van der Waals surface area contributed by atoms with Gasteiger partial charge in [0.2, 0.25) is 5.91 Å². The van der Waals surface area contributed by atoms with Crippen molar-refractivity contribution < 1.29 is 9.21 Å². The van der Waals surface area contributed by atoms with Crippen molar-refractivity contribution in [3.63, 3.8) is 0 Å². The molecule has 0 saturated carbocycles. The van der Waals surface area contributed by atoms with Crippen molar-refractivity contribution >= 4 is 16.8 Å². The van der Waals surface area contributed by atoms with Gasteiger partial charge in [0.05, 0.1) is 24.9 Å². The van der Waals surface area contributed by atoms with E-state index >= 15 is 0 Å². The Bertz CT molecular complexity index is 770. The van der Waals surface area contributed by atoms with Crippen LogP contribution in [0, 0.1) is 13.8 Å². The lowest BCUT2D eigenvalue weighted by Gasteiger charge is -2.07. The number of rotatable bonds is 4. The summed E-state index contributed by atoms with van der Waals surface area (Å²) < 4.78 is 7.03. The van der Waals surface area contributed by atoms with Gasteiger partial charge in [0.1, 0.15) is 5.76 Å². The highest BCUT2D eigenvalue weighted by molar-refractivity contribution is 5.96. The Kier molecular flexibility index (Phi) is 3.62. The predicted molar refractivity (Wildman–Crippen MR) is 82.5 cm³/mol. The zero-order valence-electron chi connectivity index (χ0n) is 12.2. The summed E-state index contributed by atoms with van der Waals surface area (Å²) in [5, 5.41) is 4.26. The number of furan rings is 1. The number of hydrogen-bond acceptors (Lipinski definition) is 3. The molecule has 4 nitrogen and oxygen atoms in total. The van der Waals surface area contributed by atoms with Gasteiger partial charge in [0.15, 0.2) is 0 Å². The molecule has 0 aliphatic rings. The molecule has 0 radical (unpaired) electrons. The smallest absolute Gasteiger partial charge is 0.245 e. The molecule has 1 aromatic carbocycles. The molecule has 0 aliphatic heterocycles. The highest BCUT2D eigenvalue weighted by atomic mass is 16.3. The summed E-state index contributed by atoms with van der Waals surface area (Å²) in [6, 6.07) is 11.7. The van der Waals surface area contributed by atoms with Gasteiger partial charge in [-0.1, -0.05) is 18.2 Å². The van der Waals surface area contributed by atoms with Gasteiger partial charge in [-0.05, 0) is 37.6 Å². The second-order valence-electron chi connectivity index (χ2n) is 5.14. The number of carbonyl (C=O) groups excluding carboxylic acids is 1. The molecule has 0 unspecified atom stereocenters. The maximum Gasteiger partial charge on any atom is 0.245 e. The SMILES string of the molecule is Cc1c(C)n(C(=O)CNCc2ccco2)c2ccccc12. The zero-order chi connectivity index (χ0) is 14.8. The molecule has 3 aromatic rings. The molecular formula is C17H18N2O2. The van der Waals surface area contributed by atoms with E-state index in [9.17, 15) is 4.79 Å². The first kappa shape index (κ1) is 13.6. The van der Waals surface area contributed by atoms with Gasteiger partial charge in [0.25, 0.3) is 0 Å². The topological polar surface area (TPSA) is 47.2 Å². The van der Waals surface area contributed by atoms with Crippen LogP contribution in [0.15, 0.2) is 47.1 Å². The van der Waals surface area contributed by atoms with Crippen molar-refractivity contribution in [2.45, 2.75) is 20.4 Å². The summed E-state index contributed by atoms with van der Waals surface area (Å²) >= 11 is 0. The first-order valence-corrected chi connectivity index (χ1v) is 7.01. The molecule has 2 heterocycles. The van der Waals surface area contributed by atoms with Crippen molar-refractivity contribution in [3.8, 4) is 0 Å². The number of hydrogen-bond donors (Lipinski definition) is 1. The highest BCUT2D eigenvalue weighted by Gasteiger charge is 2.15. The largest absolute Gasteiger partial charge is 0.468 e.